The number of benzene rings is 1. The average Bonchev–Trinajstić information content (AvgIpc) is 2.78. The van der Waals surface area contributed by atoms with Crippen LogP contribution in [0.4, 0.5) is 19.0 Å². The largest absolute Gasteiger partial charge is 0.416 e. The van der Waals surface area contributed by atoms with Crippen molar-refractivity contribution in [1.29, 1.82) is 0 Å². The number of carbonyl (C=O) groups is 1. The van der Waals surface area contributed by atoms with E-state index in [1.54, 1.807) is 26.8 Å². The predicted molar refractivity (Wildman–Crippen MR) is 130 cm³/mol. The number of carbonyl (C=O) groups excluding carboxylic acids is 1. The van der Waals surface area contributed by atoms with Crippen LogP contribution in [-0.4, -0.2) is 38.8 Å². The van der Waals surface area contributed by atoms with Crippen LogP contribution in [-0.2, 0) is 11.0 Å². The second kappa shape index (κ2) is 9.60. The fourth-order valence-electron chi connectivity index (χ4n) is 4.77. The van der Waals surface area contributed by atoms with Gasteiger partial charge in [-0.15, -0.1) is 0 Å². The van der Waals surface area contributed by atoms with Crippen LogP contribution >= 0.6 is 11.6 Å². The number of nitrogens with one attached hydrogen (secondary N) is 1. The summed E-state index contributed by atoms with van der Waals surface area (Å²) in [6, 6.07) is 5.66. The molecule has 0 spiro atoms. The maximum absolute atomic E-state index is 13.4. The first-order chi connectivity index (χ1) is 16.5. The molecule has 1 aromatic carbocycles. The van der Waals surface area contributed by atoms with Crippen molar-refractivity contribution in [2.75, 3.05) is 18.4 Å². The quantitative estimate of drug-likeness (QED) is 0.427. The van der Waals surface area contributed by atoms with Crippen LogP contribution in [0.2, 0.25) is 5.15 Å². The lowest BCUT2D eigenvalue weighted by molar-refractivity contribution is -0.138. The Morgan fingerprint density at radius 3 is 2.49 bits per heavy atom. The van der Waals surface area contributed by atoms with Crippen molar-refractivity contribution in [1.82, 2.24) is 19.9 Å². The van der Waals surface area contributed by atoms with Gasteiger partial charge in [0.1, 0.15) is 16.8 Å². The summed E-state index contributed by atoms with van der Waals surface area (Å²) < 4.78 is 40.3. The molecule has 6 nitrogen and oxygen atoms in total. The second-order valence-corrected chi connectivity index (χ2v) is 9.38. The normalized spacial score (nSPS) is 15.9. The van der Waals surface area contributed by atoms with Crippen LogP contribution in [0.1, 0.15) is 66.7 Å². The lowest BCUT2D eigenvalue weighted by atomic mass is 9.90. The maximum atomic E-state index is 13.4. The summed E-state index contributed by atoms with van der Waals surface area (Å²) in [5.74, 6) is 1.15. The number of rotatable bonds is 4. The van der Waals surface area contributed by atoms with Gasteiger partial charge in [0.2, 0.25) is 5.91 Å². The Balaban J connectivity index is 1.69. The van der Waals surface area contributed by atoms with Gasteiger partial charge in [0, 0.05) is 20.0 Å². The Morgan fingerprint density at radius 1 is 1.17 bits per heavy atom. The molecule has 1 saturated heterocycles. The third-order valence-corrected chi connectivity index (χ3v) is 6.96. The SMILES string of the molecule is CC(=O)N1CCC(c2cc3c(N[C@H](C)c4cccc(C(F)(F)F)c4C)nc(C)nc3nc2Cl)CC1. The number of halogens is 4. The van der Waals surface area contributed by atoms with E-state index in [2.05, 4.69) is 20.3 Å². The molecule has 2 aromatic heterocycles. The van der Waals surface area contributed by atoms with Gasteiger partial charge in [-0.05, 0) is 68.4 Å². The van der Waals surface area contributed by atoms with Gasteiger partial charge in [0.25, 0.3) is 0 Å². The van der Waals surface area contributed by atoms with E-state index >= 15 is 0 Å². The van der Waals surface area contributed by atoms with Crippen molar-refractivity contribution in [3.8, 4) is 0 Å². The van der Waals surface area contributed by atoms with Crippen molar-refractivity contribution in [3.05, 3.63) is 57.5 Å². The number of pyridine rings is 1. The predicted octanol–water partition coefficient (Wildman–Crippen LogP) is 6.21. The van der Waals surface area contributed by atoms with Crippen molar-refractivity contribution in [2.24, 2.45) is 0 Å². The molecule has 1 fully saturated rings. The minimum absolute atomic E-state index is 0.0559. The summed E-state index contributed by atoms with van der Waals surface area (Å²) in [5, 5.41) is 4.30. The van der Waals surface area contributed by atoms with Gasteiger partial charge in [0.05, 0.1) is 17.0 Å². The Hall–Kier alpha value is -2.94. The fraction of sp³-hybridized carbons (Fsp3) is 0.440. The number of likely N-dealkylation sites (tertiary alicyclic amines) is 1. The Kier molecular flexibility index (Phi) is 6.90. The highest BCUT2D eigenvalue weighted by Crippen LogP contribution is 2.37. The smallest absolute Gasteiger partial charge is 0.363 e. The molecule has 1 aliphatic heterocycles. The summed E-state index contributed by atoms with van der Waals surface area (Å²) in [4.78, 5) is 27.0. The molecule has 10 heteroatoms. The summed E-state index contributed by atoms with van der Waals surface area (Å²) in [6.45, 7) is 7.87. The van der Waals surface area contributed by atoms with E-state index in [1.165, 1.54) is 13.0 Å². The van der Waals surface area contributed by atoms with Crippen molar-refractivity contribution in [3.63, 3.8) is 0 Å². The summed E-state index contributed by atoms with van der Waals surface area (Å²) >= 11 is 6.54. The van der Waals surface area contributed by atoms with E-state index in [9.17, 15) is 18.0 Å². The first-order valence-electron chi connectivity index (χ1n) is 11.5. The van der Waals surface area contributed by atoms with Crippen LogP contribution < -0.4 is 5.32 Å². The molecule has 1 amide bonds. The summed E-state index contributed by atoms with van der Waals surface area (Å²) in [7, 11) is 0. The van der Waals surface area contributed by atoms with Crippen molar-refractivity contribution >= 4 is 34.4 Å². The van der Waals surface area contributed by atoms with E-state index < -0.39 is 17.8 Å². The Morgan fingerprint density at radius 2 is 1.86 bits per heavy atom. The first kappa shape index (κ1) is 25.2. The molecule has 0 aliphatic carbocycles. The Bertz CT molecular complexity index is 1270. The number of aryl methyl sites for hydroxylation is 1. The molecule has 35 heavy (non-hydrogen) atoms. The molecule has 1 aliphatic rings. The number of fused-ring (bicyclic) bond motifs is 1. The molecule has 4 rings (SSSR count). The number of aromatic nitrogens is 3. The van der Waals surface area contributed by atoms with Gasteiger partial charge in [-0.2, -0.15) is 13.2 Å². The molecule has 3 aromatic rings. The highest BCUT2D eigenvalue weighted by atomic mass is 35.5. The molecule has 1 atom stereocenters. The first-order valence-corrected chi connectivity index (χ1v) is 11.9. The molecule has 0 unspecified atom stereocenters. The monoisotopic (exact) mass is 505 g/mol. The van der Waals surface area contributed by atoms with Gasteiger partial charge < -0.3 is 10.2 Å². The van der Waals surface area contributed by atoms with Gasteiger partial charge in [-0.25, -0.2) is 15.0 Å². The zero-order valence-corrected chi connectivity index (χ0v) is 20.8. The third kappa shape index (κ3) is 5.19. The second-order valence-electron chi connectivity index (χ2n) is 9.02. The molecule has 0 radical (unpaired) electrons. The summed E-state index contributed by atoms with van der Waals surface area (Å²) in [5.41, 5.74) is 1.33. The number of anilines is 1. The number of hydrogen-bond donors (Lipinski definition) is 1. The van der Waals surface area contributed by atoms with Crippen LogP contribution in [0.3, 0.4) is 0 Å². The number of amides is 1. The molecular formula is C25H27ClF3N5O. The van der Waals surface area contributed by atoms with E-state index in [0.717, 1.165) is 24.5 Å². The lowest BCUT2D eigenvalue weighted by Crippen LogP contribution is -2.36. The zero-order valence-electron chi connectivity index (χ0n) is 20.0. The summed E-state index contributed by atoms with van der Waals surface area (Å²) in [6.07, 6.45) is -2.89. The number of hydrogen-bond acceptors (Lipinski definition) is 5. The van der Waals surface area contributed by atoms with Crippen molar-refractivity contribution in [2.45, 2.75) is 58.7 Å². The minimum atomic E-state index is -4.43. The highest BCUT2D eigenvalue weighted by molar-refractivity contribution is 6.30. The lowest BCUT2D eigenvalue weighted by Gasteiger charge is -2.31. The topological polar surface area (TPSA) is 71.0 Å². The molecule has 0 bridgehead atoms. The average molecular weight is 506 g/mol. The van der Waals surface area contributed by atoms with Crippen molar-refractivity contribution < 1.29 is 18.0 Å². The van der Waals surface area contributed by atoms with Gasteiger partial charge >= 0.3 is 6.18 Å². The molecule has 3 heterocycles. The molecule has 186 valence electrons. The molecule has 1 N–H and O–H groups in total. The molecular weight excluding hydrogens is 479 g/mol. The van der Waals surface area contributed by atoms with Gasteiger partial charge in [0.15, 0.2) is 5.65 Å². The van der Waals surface area contributed by atoms with Gasteiger partial charge in [-0.1, -0.05) is 23.7 Å². The van der Waals surface area contributed by atoms with E-state index in [4.69, 9.17) is 11.6 Å². The molecule has 0 saturated carbocycles. The zero-order chi connectivity index (χ0) is 25.5. The minimum Gasteiger partial charge on any atom is -0.363 e. The van der Waals surface area contributed by atoms with Crippen LogP contribution in [0.5, 0.6) is 0 Å². The number of piperidine rings is 1. The Labute approximate surface area is 206 Å². The standard InChI is InChI=1S/C25H27ClF3N5O/c1-13-18(6-5-7-21(13)25(27,28)29)14(2)30-23-20-12-19(17-8-10-34(11-9-17)16(4)35)22(26)33-24(20)32-15(3)31-23/h5-7,12,14,17H,8-11H2,1-4H3,(H,30,31,32,33)/t14-/m1/s1. The maximum Gasteiger partial charge on any atom is 0.416 e. The number of nitrogens with zero attached hydrogens (tertiary/aromatic N) is 4. The van der Waals surface area contributed by atoms with Gasteiger partial charge in [-0.3, -0.25) is 4.79 Å². The van der Waals surface area contributed by atoms with E-state index in [0.29, 0.717) is 46.5 Å². The van der Waals surface area contributed by atoms with E-state index in [1.807, 2.05) is 11.0 Å². The van der Waals surface area contributed by atoms with Crippen LogP contribution in [0, 0.1) is 13.8 Å². The van der Waals surface area contributed by atoms with E-state index in [-0.39, 0.29) is 17.4 Å². The van der Waals surface area contributed by atoms with Crippen LogP contribution in [0.15, 0.2) is 24.3 Å². The number of alkyl halides is 3. The highest BCUT2D eigenvalue weighted by Gasteiger charge is 2.33. The van der Waals surface area contributed by atoms with Crippen LogP contribution in [0.25, 0.3) is 11.0 Å². The fourth-order valence-corrected chi connectivity index (χ4v) is 5.06. The third-order valence-electron chi connectivity index (χ3n) is 6.66.